The lowest BCUT2D eigenvalue weighted by molar-refractivity contribution is 0.455. The zero-order chi connectivity index (χ0) is 16.5. The van der Waals surface area contributed by atoms with E-state index in [9.17, 15) is 5.11 Å². The highest BCUT2D eigenvalue weighted by Gasteiger charge is 2.18. The normalized spacial score (nSPS) is 18.9. The van der Waals surface area contributed by atoms with Crippen molar-refractivity contribution >= 4 is 29.6 Å². The SMILES string of the molecule is Cc1cnc2c(c1)C(=Cc1[nH]c(N3CCCCCC3)nc1O)C=N2. The number of anilines is 1. The number of aromatic nitrogens is 3. The monoisotopic (exact) mass is 323 g/mol. The molecule has 0 radical (unpaired) electrons. The molecule has 24 heavy (non-hydrogen) atoms. The van der Waals surface area contributed by atoms with E-state index >= 15 is 0 Å². The fraction of sp³-hybridized carbons (Fsp3) is 0.389. The van der Waals surface area contributed by atoms with Gasteiger partial charge < -0.3 is 15.0 Å². The van der Waals surface area contributed by atoms with Crippen LogP contribution in [0.15, 0.2) is 17.3 Å². The molecule has 4 heterocycles. The third kappa shape index (κ3) is 2.79. The van der Waals surface area contributed by atoms with Gasteiger partial charge >= 0.3 is 0 Å². The standard InChI is InChI=1S/C18H21N5O/c1-12-8-14-13(11-20-16(14)19-10-12)9-15-17(24)22-18(21-15)23-6-4-2-3-5-7-23/h8-11,24H,2-7H2,1H3,(H,21,22). The molecular weight excluding hydrogens is 302 g/mol. The first-order chi connectivity index (χ1) is 11.7. The summed E-state index contributed by atoms with van der Waals surface area (Å²) in [6.07, 6.45) is 10.3. The Morgan fingerprint density at radius 1 is 1.21 bits per heavy atom. The lowest BCUT2D eigenvalue weighted by Gasteiger charge is -2.18. The van der Waals surface area contributed by atoms with Crippen LogP contribution in [0, 0.1) is 6.92 Å². The summed E-state index contributed by atoms with van der Waals surface area (Å²) in [6, 6.07) is 2.06. The van der Waals surface area contributed by atoms with E-state index in [-0.39, 0.29) is 5.88 Å². The third-order valence-electron chi connectivity index (χ3n) is 4.54. The average Bonchev–Trinajstić information content (AvgIpc) is 3.01. The molecule has 1 fully saturated rings. The Morgan fingerprint density at radius 2 is 2.00 bits per heavy atom. The number of aromatic hydroxyl groups is 1. The Morgan fingerprint density at radius 3 is 2.79 bits per heavy atom. The summed E-state index contributed by atoms with van der Waals surface area (Å²) in [6.45, 7) is 3.97. The second-order valence-electron chi connectivity index (χ2n) is 6.44. The molecule has 2 aromatic rings. The molecule has 0 aromatic carbocycles. The molecule has 0 aliphatic carbocycles. The molecular formula is C18H21N5O. The number of H-pyrrole nitrogens is 1. The van der Waals surface area contributed by atoms with Gasteiger partial charge in [-0.25, -0.2) is 9.98 Å². The fourth-order valence-corrected chi connectivity index (χ4v) is 3.25. The summed E-state index contributed by atoms with van der Waals surface area (Å²) in [5.74, 6) is 1.50. The fourth-order valence-electron chi connectivity index (χ4n) is 3.25. The number of rotatable bonds is 2. The Hall–Kier alpha value is -2.63. The van der Waals surface area contributed by atoms with Crippen molar-refractivity contribution < 1.29 is 5.11 Å². The number of allylic oxidation sites excluding steroid dienone is 1. The molecule has 2 N–H and O–H groups in total. The van der Waals surface area contributed by atoms with Crippen molar-refractivity contribution in [2.45, 2.75) is 32.6 Å². The van der Waals surface area contributed by atoms with Crippen LogP contribution < -0.4 is 4.90 Å². The number of hydrogen-bond donors (Lipinski definition) is 2. The topological polar surface area (TPSA) is 77.4 Å². The van der Waals surface area contributed by atoms with E-state index in [1.807, 2.05) is 19.2 Å². The van der Waals surface area contributed by atoms with Crippen molar-refractivity contribution in [1.82, 2.24) is 15.0 Å². The molecule has 0 spiro atoms. The van der Waals surface area contributed by atoms with E-state index in [4.69, 9.17) is 0 Å². The molecule has 2 aliphatic rings. The van der Waals surface area contributed by atoms with Crippen molar-refractivity contribution in [2.24, 2.45) is 4.99 Å². The largest absolute Gasteiger partial charge is 0.492 e. The molecule has 124 valence electrons. The molecule has 0 amide bonds. The van der Waals surface area contributed by atoms with Crippen LogP contribution in [0.1, 0.15) is 42.5 Å². The minimum Gasteiger partial charge on any atom is -0.492 e. The summed E-state index contributed by atoms with van der Waals surface area (Å²) in [5, 5.41) is 10.2. The van der Waals surface area contributed by atoms with Gasteiger partial charge in [-0.05, 0) is 37.5 Å². The maximum Gasteiger partial charge on any atom is 0.238 e. The zero-order valence-corrected chi connectivity index (χ0v) is 13.8. The summed E-state index contributed by atoms with van der Waals surface area (Å²) < 4.78 is 0. The first kappa shape index (κ1) is 14.9. The third-order valence-corrected chi connectivity index (χ3v) is 4.54. The highest BCUT2D eigenvalue weighted by Crippen LogP contribution is 2.33. The second-order valence-corrected chi connectivity index (χ2v) is 6.44. The van der Waals surface area contributed by atoms with Gasteiger partial charge in [-0.15, -0.1) is 0 Å². The van der Waals surface area contributed by atoms with Crippen LogP contribution in [0.5, 0.6) is 5.88 Å². The maximum atomic E-state index is 10.2. The smallest absolute Gasteiger partial charge is 0.238 e. The second kappa shape index (κ2) is 6.11. The molecule has 0 saturated carbocycles. The van der Waals surface area contributed by atoms with Crippen molar-refractivity contribution in [3.63, 3.8) is 0 Å². The number of nitrogens with one attached hydrogen (secondary N) is 1. The molecule has 6 nitrogen and oxygen atoms in total. The van der Waals surface area contributed by atoms with E-state index in [2.05, 4.69) is 30.9 Å². The molecule has 0 bridgehead atoms. The van der Waals surface area contributed by atoms with Crippen LogP contribution in [-0.4, -0.2) is 39.4 Å². The van der Waals surface area contributed by atoms with Gasteiger partial charge in [-0.1, -0.05) is 12.8 Å². The summed E-state index contributed by atoms with van der Waals surface area (Å²) >= 11 is 0. The average molecular weight is 323 g/mol. The van der Waals surface area contributed by atoms with E-state index in [1.54, 1.807) is 6.21 Å². The van der Waals surface area contributed by atoms with Crippen molar-refractivity contribution in [3.05, 3.63) is 29.1 Å². The highest BCUT2D eigenvalue weighted by molar-refractivity contribution is 6.21. The van der Waals surface area contributed by atoms with Gasteiger partial charge in [-0.2, -0.15) is 4.98 Å². The summed E-state index contributed by atoms with van der Waals surface area (Å²) in [7, 11) is 0. The van der Waals surface area contributed by atoms with Crippen LogP contribution in [0.2, 0.25) is 0 Å². The predicted molar refractivity (Wildman–Crippen MR) is 95.9 cm³/mol. The van der Waals surface area contributed by atoms with Crippen LogP contribution in [0.4, 0.5) is 11.8 Å². The van der Waals surface area contributed by atoms with Crippen molar-refractivity contribution in [3.8, 4) is 5.88 Å². The van der Waals surface area contributed by atoms with Gasteiger partial charge in [0.05, 0.1) is 0 Å². The van der Waals surface area contributed by atoms with Crippen LogP contribution in [-0.2, 0) is 0 Å². The lowest BCUT2D eigenvalue weighted by Crippen LogP contribution is -2.24. The minimum atomic E-state index is 0.0317. The van der Waals surface area contributed by atoms with Gasteiger partial charge in [0, 0.05) is 36.6 Å². The Balaban J connectivity index is 1.64. The Bertz CT molecular complexity index is 813. The first-order valence-corrected chi connectivity index (χ1v) is 8.47. The van der Waals surface area contributed by atoms with Crippen molar-refractivity contribution in [2.75, 3.05) is 18.0 Å². The van der Waals surface area contributed by atoms with Gasteiger partial charge in [0.15, 0.2) is 5.82 Å². The Kier molecular flexibility index (Phi) is 3.80. The van der Waals surface area contributed by atoms with Crippen LogP contribution in [0.25, 0.3) is 11.6 Å². The van der Waals surface area contributed by atoms with Gasteiger partial charge in [0.25, 0.3) is 0 Å². The molecule has 1 saturated heterocycles. The predicted octanol–water partition coefficient (Wildman–Crippen LogP) is 3.46. The number of hydrogen-bond acceptors (Lipinski definition) is 5. The van der Waals surface area contributed by atoms with Crippen molar-refractivity contribution in [1.29, 1.82) is 0 Å². The first-order valence-electron chi connectivity index (χ1n) is 8.47. The van der Waals surface area contributed by atoms with E-state index in [1.165, 1.54) is 25.7 Å². The number of aromatic amines is 1. The molecule has 4 rings (SSSR count). The zero-order valence-electron chi connectivity index (χ0n) is 13.8. The summed E-state index contributed by atoms with van der Waals surface area (Å²) in [4.78, 5) is 18.4. The van der Waals surface area contributed by atoms with Gasteiger partial charge in [0.1, 0.15) is 5.69 Å². The number of imidazole rings is 1. The number of aliphatic imine (C=N–C) groups is 1. The number of aryl methyl sites for hydroxylation is 1. The molecule has 0 unspecified atom stereocenters. The Labute approximate surface area is 141 Å². The maximum absolute atomic E-state index is 10.2. The minimum absolute atomic E-state index is 0.0317. The summed E-state index contributed by atoms with van der Waals surface area (Å²) in [5.41, 5.74) is 3.62. The van der Waals surface area contributed by atoms with E-state index in [0.717, 1.165) is 41.6 Å². The highest BCUT2D eigenvalue weighted by atomic mass is 16.3. The molecule has 2 aromatic heterocycles. The number of pyridine rings is 1. The molecule has 6 heteroatoms. The van der Waals surface area contributed by atoms with Crippen LogP contribution in [0.3, 0.4) is 0 Å². The number of fused-ring (bicyclic) bond motifs is 1. The lowest BCUT2D eigenvalue weighted by atomic mass is 10.1. The van der Waals surface area contributed by atoms with E-state index < -0.39 is 0 Å². The molecule has 2 aliphatic heterocycles. The quantitative estimate of drug-likeness (QED) is 0.887. The van der Waals surface area contributed by atoms with Crippen LogP contribution >= 0.6 is 0 Å². The van der Waals surface area contributed by atoms with E-state index in [0.29, 0.717) is 5.69 Å². The number of nitrogens with zero attached hydrogens (tertiary/aromatic N) is 4. The van der Waals surface area contributed by atoms with Gasteiger partial charge in [-0.3, -0.25) is 0 Å². The van der Waals surface area contributed by atoms with Gasteiger partial charge in [0.2, 0.25) is 11.8 Å². The molecule has 0 atom stereocenters.